The van der Waals surface area contributed by atoms with Crippen LogP contribution in [0.3, 0.4) is 0 Å². The summed E-state index contributed by atoms with van der Waals surface area (Å²) < 4.78 is 41.0. The zero-order valence-electron chi connectivity index (χ0n) is 17.6. The van der Waals surface area contributed by atoms with Crippen molar-refractivity contribution in [3.05, 3.63) is 65.5 Å². The Labute approximate surface area is 178 Å². The molecular weight excluding hydrogens is 403 g/mol. The van der Waals surface area contributed by atoms with Crippen LogP contribution in [0.25, 0.3) is 0 Å². The maximum atomic E-state index is 14.0. The highest BCUT2D eigenvalue weighted by molar-refractivity contribution is 7.89. The van der Waals surface area contributed by atoms with Crippen molar-refractivity contribution < 1.29 is 17.6 Å². The number of hydrogen-bond donors (Lipinski definition) is 0. The van der Waals surface area contributed by atoms with Gasteiger partial charge >= 0.3 is 0 Å². The first-order chi connectivity index (χ1) is 14.3. The van der Waals surface area contributed by atoms with E-state index in [0.717, 1.165) is 24.8 Å². The van der Waals surface area contributed by atoms with Crippen LogP contribution >= 0.6 is 0 Å². The second-order valence-electron chi connectivity index (χ2n) is 7.81. The molecule has 2 aromatic rings. The molecule has 1 aliphatic rings. The van der Waals surface area contributed by atoms with Gasteiger partial charge in [-0.2, -0.15) is 4.31 Å². The SMILES string of the molecule is CC(c1ccccc1F)N(C)C(=O)CCc1ccc(S(=O)(=O)N2CCCCC2)cc1. The number of benzene rings is 2. The van der Waals surface area contributed by atoms with Crippen LogP contribution in [0.4, 0.5) is 4.39 Å². The van der Waals surface area contributed by atoms with Crippen molar-refractivity contribution in [1.29, 1.82) is 0 Å². The van der Waals surface area contributed by atoms with Crippen molar-refractivity contribution in [1.82, 2.24) is 9.21 Å². The second kappa shape index (κ2) is 9.71. The molecule has 1 aliphatic heterocycles. The van der Waals surface area contributed by atoms with E-state index in [1.165, 1.54) is 6.07 Å². The third-order valence-corrected chi connectivity index (χ3v) is 7.75. The van der Waals surface area contributed by atoms with Gasteiger partial charge in [0.05, 0.1) is 10.9 Å². The number of nitrogens with zero attached hydrogens (tertiary/aromatic N) is 2. The number of halogens is 1. The van der Waals surface area contributed by atoms with E-state index in [2.05, 4.69) is 0 Å². The van der Waals surface area contributed by atoms with Gasteiger partial charge in [0, 0.05) is 32.1 Å². The molecule has 0 spiro atoms. The highest BCUT2D eigenvalue weighted by atomic mass is 32.2. The smallest absolute Gasteiger partial charge is 0.243 e. The molecule has 2 aromatic carbocycles. The molecule has 5 nitrogen and oxygen atoms in total. The van der Waals surface area contributed by atoms with Gasteiger partial charge in [-0.1, -0.05) is 36.8 Å². The monoisotopic (exact) mass is 432 g/mol. The van der Waals surface area contributed by atoms with E-state index in [0.29, 0.717) is 30.0 Å². The quantitative estimate of drug-likeness (QED) is 0.660. The number of hydrogen-bond acceptors (Lipinski definition) is 3. The Hall–Kier alpha value is -2.25. The van der Waals surface area contributed by atoms with Crippen LogP contribution in [-0.4, -0.2) is 43.7 Å². The third kappa shape index (κ3) is 5.08. The van der Waals surface area contributed by atoms with Crippen molar-refractivity contribution in [2.24, 2.45) is 0 Å². The molecule has 7 heteroatoms. The summed E-state index contributed by atoms with van der Waals surface area (Å²) in [6.07, 6.45) is 3.64. The minimum atomic E-state index is -3.45. The number of piperidine rings is 1. The lowest BCUT2D eigenvalue weighted by Crippen LogP contribution is -2.35. The molecule has 0 radical (unpaired) electrons. The standard InChI is InChI=1S/C23H29FN2O3S/c1-18(21-8-4-5-9-22(21)24)25(2)23(27)15-12-19-10-13-20(14-11-19)30(28,29)26-16-6-3-7-17-26/h4-5,8-11,13-14,18H,3,6-7,12,15-17H2,1-2H3. The number of aryl methyl sites for hydroxylation is 1. The summed E-state index contributed by atoms with van der Waals surface area (Å²) in [5.41, 5.74) is 1.38. The Balaban J connectivity index is 1.59. The van der Waals surface area contributed by atoms with Crippen molar-refractivity contribution >= 4 is 15.9 Å². The molecule has 3 rings (SSSR count). The van der Waals surface area contributed by atoms with Crippen molar-refractivity contribution in [2.45, 2.75) is 50.0 Å². The van der Waals surface area contributed by atoms with E-state index in [4.69, 9.17) is 0 Å². The Morgan fingerprint density at radius 2 is 1.70 bits per heavy atom. The van der Waals surface area contributed by atoms with Gasteiger partial charge in [-0.05, 0) is 49.9 Å². The highest BCUT2D eigenvalue weighted by Gasteiger charge is 2.25. The van der Waals surface area contributed by atoms with Gasteiger partial charge in [0.25, 0.3) is 0 Å². The molecule has 0 N–H and O–H groups in total. The van der Waals surface area contributed by atoms with Crippen LogP contribution < -0.4 is 0 Å². The van der Waals surface area contributed by atoms with Crippen molar-refractivity contribution in [3.63, 3.8) is 0 Å². The fourth-order valence-corrected chi connectivity index (χ4v) is 5.27. The largest absolute Gasteiger partial charge is 0.339 e. The van der Waals surface area contributed by atoms with Gasteiger partial charge in [0.15, 0.2) is 0 Å². The van der Waals surface area contributed by atoms with Gasteiger partial charge in [-0.25, -0.2) is 12.8 Å². The molecule has 30 heavy (non-hydrogen) atoms. The zero-order chi connectivity index (χ0) is 21.7. The summed E-state index contributed by atoms with van der Waals surface area (Å²) in [6, 6.07) is 12.9. The van der Waals surface area contributed by atoms with Crippen LogP contribution in [0.1, 0.15) is 49.8 Å². The van der Waals surface area contributed by atoms with E-state index in [9.17, 15) is 17.6 Å². The number of carbonyl (C=O) groups is 1. The minimum Gasteiger partial charge on any atom is -0.339 e. The minimum absolute atomic E-state index is 0.0873. The Morgan fingerprint density at radius 1 is 1.07 bits per heavy atom. The average Bonchev–Trinajstić information content (AvgIpc) is 2.77. The summed E-state index contributed by atoms with van der Waals surface area (Å²) in [7, 11) is -1.77. The molecule has 1 fully saturated rings. The van der Waals surface area contributed by atoms with Crippen LogP contribution in [0.15, 0.2) is 53.4 Å². The topological polar surface area (TPSA) is 57.7 Å². The average molecular weight is 433 g/mol. The molecule has 0 aromatic heterocycles. The normalized spacial score (nSPS) is 16.2. The number of amides is 1. The number of rotatable bonds is 7. The lowest BCUT2D eigenvalue weighted by atomic mass is 10.1. The maximum absolute atomic E-state index is 14.0. The van der Waals surface area contributed by atoms with Crippen LogP contribution in [0, 0.1) is 5.82 Å². The molecule has 1 atom stereocenters. The molecule has 1 saturated heterocycles. The Kier molecular flexibility index (Phi) is 7.26. The fourth-order valence-electron chi connectivity index (χ4n) is 3.75. The molecule has 162 valence electrons. The first kappa shape index (κ1) is 22.4. The van der Waals surface area contributed by atoms with Gasteiger partial charge < -0.3 is 4.90 Å². The van der Waals surface area contributed by atoms with Crippen LogP contribution in [0.5, 0.6) is 0 Å². The second-order valence-corrected chi connectivity index (χ2v) is 9.75. The molecular formula is C23H29FN2O3S. The predicted molar refractivity (Wildman–Crippen MR) is 115 cm³/mol. The highest BCUT2D eigenvalue weighted by Crippen LogP contribution is 2.23. The van der Waals surface area contributed by atoms with Crippen LogP contribution in [0.2, 0.25) is 0 Å². The molecule has 1 amide bonds. The Bertz CT molecular complexity index is 970. The van der Waals surface area contributed by atoms with E-state index in [1.54, 1.807) is 65.6 Å². The fraction of sp³-hybridized carbons (Fsp3) is 0.435. The number of sulfonamides is 1. The number of carbonyl (C=O) groups excluding carboxylic acids is 1. The molecule has 0 bridgehead atoms. The van der Waals surface area contributed by atoms with E-state index < -0.39 is 10.0 Å². The van der Waals surface area contributed by atoms with Crippen LogP contribution in [-0.2, 0) is 21.2 Å². The molecule has 0 saturated carbocycles. The van der Waals surface area contributed by atoms with Gasteiger partial charge in [-0.3, -0.25) is 4.79 Å². The van der Waals surface area contributed by atoms with E-state index in [1.807, 2.05) is 0 Å². The summed E-state index contributed by atoms with van der Waals surface area (Å²) in [6.45, 7) is 2.95. The van der Waals surface area contributed by atoms with Gasteiger partial charge in [-0.15, -0.1) is 0 Å². The third-order valence-electron chi connectivity index (χ3n) is 5.83. The summed E-state index contributed by atoms with van der Waals surface area (Å²) in [5.74, 6) is -0.411. The first-order valence-corrected chi connectivity index (χ1v) is 11.8. The lowest BCUT2D eigenvalue weighted by Gasteiger charge is -2.26. The summed E-state index contributed by atoms with van der Waals surface area (Å²) >= 11 is 0. The molecule has 1 unspecified atom stereocenters. The van der Waals surface area contributed by atoms with E-state index in [-0.39, 0.29) is 24.2 Å². The summed E-state index contributed by atoms with van der Waals surface area (Å²) in [4.78, 5) is 14.4. The summed E-state index contributed by atoms with van der Waals surface area (Å²) in [5, 5.41) is 0. The van der Waals surface area contributed by atoms with Crippen molar-refractivity contribution in [2.75, 3.05) is 20.1 Å². The molecule has 0 aliphatic carbocycles. The van der Waals surface area contributed by atoms with E-state index >= 15 is 0 Å². The van der Waals surface area contributed by atoms with Gasteiger partial charge in [0.2, 0.25) is 15.9 Å². The predicted octanol–water partition coefficient (Wildman–Crippen LogP) is 4.15. The Morgan fingerprint density at radius 3 is 2.33 bits per heavy atom. The first-order valence-electron chi connectivity index (χ1n) is 10.4. The maximum Gasteiger partial charge on any atom is 0.243 e. The zero-order valence-corrected chi connectivity index (χ0v) is 18.4. The molecule has 1 heterocycles. The lowest BCUT2D eigenvalue weighted by molar-refractivity contribution is -0.131. The van der Waals surface area contributed by atoms with Crippen molar-refractivity contribution in [3.8, 4) is 0 Å². The van der Waals surface area contributed by atoms with Gasteiger partial charge in [0.1, 0.15) is 5.82 Å².